The van der Waals surface area contributed by atoms with Crippen molar-refractivity contribution in [1.82, 2.24) is 9.97 Å². The van der Waals surface area contributed by atoms with E-state index >= 15 is 0 Å². The standard InChI is InChI=1S/C12H12FN3O2/c1-14-12-15-6-10(13)11(16-12)18-9-4-2-3-8(5-9)7-17/h2-6,17H,7H2,1H3,(H,14,15,16). The lowest BCUT2D eigenvalue weighted by atomic mass is 10.2. The Hall–Kier alpha value is -2.21. The van der Waals surface area contributed by atoms with Gasteiger partial charge in [-0.25, -0.2) is 4.98 Å². The summed E-state index contributed by atoms with van der Waals surface area (Å²) < 4.78 is 18.8. The molecule has 1 aromatic carbocycles. The van der Waals surface area contributed by atoms with Gasteiger partial charge in [-0.1, -0.05) is 12.1 Å². The van der Waals surface area contributed by atoms with Crippen LogP contribution in [0.25, 0.3) is 0 Å². The zero-order valence-electron chi connectivity index (χ0n) is 9.72. The maximum Gasteiger partial charge on any atom is 0.260 e. The Morgan fingerprint density at radius 1 is 1.44 bits per heavy atom. The van der Waals surface area contributed by atoms with Gasteiger partial charge < -0.3 is 15.2 Å². The second-order valence-corrected chi connectivity index (χ2v) is 3.50. The molecule has 0 atom stereocenters. The summed E-state index contributed by atoms with van der Waals surface area (Å²) >= 11 is 0. The molecule has 0 aliphatic carbocycles. The van der Waals surface area contributed by atoms with Gasteiger partial charge in [0, 0.05) is 7.05 Å². The predicted molar refractivity (Wildman–Crippen MR) is 64.0 cm³/mol. The van der Waals surface area contributed by atoms with Gasteiger partial charge in [-0.3, -0.25) is 0 Å². The van der Waals surface area contributed by atoms with E-state index in [1.54, 1.807) is 31.3 Å². The molecular formula is C12H12FN3O2. The van der Waals surface area contributed by atoms with E-state index in [2.05, 4.69) is 15.3 Å². The van der Waals surface area contributed by atoms with Gasteiger partial charge in [-0.05, 0) is 17.7 Å². The first-order valence-corrected chi connectivity index (χ1v) is 5.31. The number of benzene rings is 1. The zero-order valence-corrected chi connectivity index (χ0v) is 9.72. The van der Waals surface area contributed by atoms with Crippen LogP contribution in [0, 0.1) is 5.82 Å². The number of ether oxygens (including phenoxy) is 1. The highest BCUT2D eigenvalue weighted by molar-refractivity contribution is 5.33. The van der Waals surface area contributed by atoms with E-state index < -0.39 is 5.82 Å². The first-order valence-electron chi connectivity index (χ1n) is 5.31. The average Bonchev–Trinajstić information content (AvgIpc) is 2.41. The number of nitrogens with one attached hydrogen (secondary N) is 1. The molecule has 0 fully saturated rings. The van der Waals surface area contributed by atoms with Gasteiger partial charge >= 0.3 is 0 Å². The van der Waals surface area contributed by atoms with Gasteiger partial charge in [0.15, 0.2) is 0 Å². The topological polar surface area (TPSA) is 67.3 Å². The second-order valence-electron chi connectivity index (χ2n) is 3.50. The Balaban J connectivity index is 2.27. The molecule has 0 amide bonds. The fraction of sp³-hybridized carbons (Fsp3) is 0.167. The van der Waals surface area contributed by atoms with E-state index in [0.717, 1.165) is 6.20 Å². The SMILES string of the molecule is CNc1ncc(F)c(Oc2cccc(CO)c2)n1. The molecule has 6 heteroatoms. The molecule has 0 saturated heterocycles. The van der Waals surface area contributed by atoms with Gasteiger partial charge in [0.2, 0.25) is 11.8 Å². The molecule has 0 unspecified atom stereocenters. The molecule has 2 N–H and O–H groups in total. The van der Waals surface area contributed by atoms with E-state index in [9.17, 15) is 4.39 Å². The predicted octanol–water partition coefficient (Wildman–Crippen LogP) is 1.94. The van der Waals surface area contributed by atoms with Crippen LogP contribution in [0.15, 0.2) is 30.5 Å². The fourth-order valence-corrected chi connectivity index (χ4v) is 1.36. The van der Waals surface area contributed by atoms with E-state index in [1.807, 2.05) is 0 Å². The first-order chi connectivity index (χ1) is 8.72. The number of aliphatic hydroxyl groups excluding tert-OH is 1. The second kappa shape index (κ2) is 5.42. The van der Waals surface area contributed by atoms with Crippen LogP contribution >= 0.6 is 0 Å². The molecule has 0 saturated carbocycles. The Labute approximate surface area is 103 Å². The summed E-state index contributed by atoms with van der Waals surface area (Å²) in [5.41, 5.74) is 0.677. The van der Waals surface area contributed by atoms with Gasteiger partial charge in [0.1, 0.15) is 5.75 Å². The van der Waals surface area contributed by atoms with Gasteiger partial charge in [0.25, 0.3) is 5.88 Å². The summed E-state index contributed by atoms with van der Waals surface area (Å²) in [6.07, 6.45) is 1.03. The highest BCUT2D eigenvalue weighted by Crippen LogP contribution is 2.23. The smallest absolute Gasteiger partial charge is 0.260 e. The lowest BCUT2D eigenvalue weighted by Gasteiger charge is -2.07. The first kappa shape index (κ1) is 12.3. The third-order valence-electron chi connectivity index (χ3n) is 2.23. The number of aromatic nitrogens is 2. The third-order valence-corrected chi connectivity index (χ3v) is 2.23. The lowest BCUT2D eigenvalue weighted by molar-refractivity contribution is 0.281. The van der Waals surface area contributed by atoms with E-state index in [0.29, 0.717) is 11.3 Å². The van der Waals surface area contributed by atoms with Crippen molar-refractivity contribution in [3.8, 4) is 11.6 Å². The van der Waals surface area contributed by atoms with Crippen molar-refractivity contribution in [3.63, 3.8) is 0 Å². The molecule has 0 radical (unpaired) electrons. The number of nitrogens with zero attached hydrogens (tertiary/aromatic N) is 2. The number of hydrogen-bond donors (Lipinski definition) is 2. The van der Waals surface area contributed by atoms with Crippen molar-refractivity contribution in [2.75, 3.05) is 12.4 Å². The molecule has 1 aromatic heterocycles. The maximum absolute atomic E-state index is 13.4. The minimum Gasteiger partial charge on any atom is -0.436 e. The van der Waals surface area contributed by atoms with Crippen LogP contribution in [0.4, 0.5) is 10.3 Å². The zero-order chi connectivity index (χ0) is 13.0. The molecule has 2 aromatic rings. The molecule has 0 aliphatic rings. The average molecular weight is 249 g/mol. The summed E-state index contributed by atoms with van der Waals surface area (Å²) in [6.45, 7) is -0.106. The Kier molecular flexibility index (Phi) is 3.69. The van der Waals surface area contributed by atoms with Crippen molar-refractivity contribution >= 4 is 5.95 Å². The normalized spacial score (nSPS) is 10.2. The highest BCUT2D eigenvalue weighted by atomic mass is 19.1. The number of rotatable bonds is 4. The largest absolute Gasteiger partial charge is 0.436 e. The lowest BCUT2D eigenvalue weighted by Crippen LogP contribution is -2.00. The van der Waals surface area contributed by atoms with Crippen LogP contribution in [-0.2, 0) is 6.61 Å². The van der Waals surface area contributed by atoms with Crippen molar-refractivity contribution in [2.24, 2.45) is 0 Å². The maximum atomic E-state index is 13.4. The fourth-order valence-electron chi connectivity index (χ4n) is 1.36. The molecule has 1 heterocycles. The summed E-state index contributed by atoms with van der Waals surface area (Å²) in [5, 5.41) is 11.7. The summed E-state index contributed by atoms with van der Waals surface area (Å²) in [6, 6.07) is 6.71. The van der Waals surface area contributed by atoms with Crippen molar-refractivity contribution in [2.45, 2.75) is 6.61 Å². The van der Waals surface area contributed by atoms with Crippen LogP contribution < -0.4 is 10.1 Å². The Morgan fingerprint density at radius 2 is 2.28 bits per heavy atom. The molecule has 0 spiro atoms. The summed E-state index contributed by atoms with van der Waals surface area (Å²) in [7, 11) is 1.63. The van der Waals surface area contributed by atoms with Crippen LogP contribution in [0.2, 0.25) is 0 Å². The number of anilines is 1. The van der Waals surface area contributed by atoms with Crippen LogP contribution in [0.1, 0.15) is 5.56 Å². The van der Waals surface area contributed by atoms with Crippen molar-refractivity contribution in [1.29, 1.82) is 0 Å². The Morgan fingerprint density at radius 3 is 3.00 bits per heavy atom. The molecule has 0 aliphatic heterocycles. The molecule has 2 rings (SSSR count). The monoisotopic (exact) mass is 249 g/mol. The minimum atomic E-state index is -0.650. The number of aliphatic hydroxyl groups is 1. The quantitative estimate of drug-likeness (QED) is 0.866. The van der Waals surface area contributed by atoms with E-state index in [1.165, 1.54) is 0 Å². The molecule has 18 heavy (non-hydrogen) atoms. The summed E-state index contributed by atoms with van der Waals surface area (Å²) in [5.74, 6) is -0.140. The highest BCUT2D eigenvalue weighted by Gasteiger charge is 2.09. The molecule has 0 bridgehead atoms. The molecule has 5 nitrogen and oxygen atoms in total. The van der Waals surface area contributed by atoms with Gasteiger partial charge in [0.05, 0.1) is 12.8 Å². The Bertz CT molecular complexity index is 549. The van der Waals surface area contributed by atoms with E-state index in [-0.39, 0.29) is 18.4 Å². The van der Waals surface area contributed by atoms with Crippen molar-refractivity contribution in [3.05, 3.63) is 41.8 Å². The molecule has 94 valence electrons. The van der Waals surface area contributed by atoms with E-state index in [4.69, 9.17) is 9.84 Å². The van der Waals surface area contributed by atoms with Crippen molar-refractivity contribution < 1.29 is 14.2 Å². The summed E-state index contributed by atoms with van der Waals surface area (Å²) in [4.78, 5) is 7.58. The van der Waals surface area contributed by atoms with Gasteiger partial charge in [-0.2, -0.15) is 9.37 Å². The van der Waals surface area contributed by atoms with Gasteiger partial charge in [-0.15, -0.1) is 0 Å². The van der Waals surface area contributed by atoms with Crippen LogP contribution in [0.5, 0.6) is 11.6 Å². The van der Waals surface area contributed by atoms with Crippen LogP contribution in [-0.4, -0.2) is 22.1 Å². The minimum absolute atomic E-state index is 0.106. The number of hydrogen-bond acceptors (Lipinski definition) is 5. The third kappa shape index (κ3) is 2.72. The number of halogens is 1. The van der Waals surface area contributed by atoms with Crippen LogP contribution in [0.3, 0.4) is 0 Å². The molecular weight excluding hydrogens is 237 g/mol.